The lowest BCUT2D eigenvalue weighted by molar-refractivity contribution is -0.139. The maximum atomic E-state index is 11.7. The first-order chi connectivity index (χ1) is 13.1. The molecule has 27 heavy (non-hydrogen) atoms. The molecule has 0 fully saturated rings. The number of carbonyl (C=O) groups is 1. The Kier molecular flexibility index (Phi) is 4.78. The summed E-state index contributed by atoms with van der Waals surface area (Å²) in [6.45, 7) is 4.87. The molecule has 0 unspecified atom stereocenters. The standard InChI is InChI=1S/C20H22N4O2S/c1-4-24-19-14(18(23-24)13-9-8-12(2)21-11-13)6-5-7-15-20(19)27-16(22-15)10-17(25)26-3/h8-9,11H,4-7,10H2,1-3H3. The molecule has 1 aliphatic rings. The third kappa shape index (κ3) is 3.27. The number of aryl methyl sites for hydroxylation is 3. The molecule has 7 heteroatoms. The van der Waals surface area contributed by atoms with Gasteiger partial charge in [0, 0.05) is 29.6 Å². The maximum Gasteiger partial charge on any atom is 0.312 e. The Morgan fingerprint density at radius 3 is 2.89 bits per heavy atom. The monoisotopic (exact) mass is 382 g/mol. The van der Waals surface area contributed by atoms with Gasteiger partial charge in [0.15, 0.2) is 0 Å². The third-order valence-electron chi connectivity index (χ3n) is 4.86. The van der Waals surface area contributed by atoms with Crippen LogP contribution in [-0.4, -0.2) is 32.8 Å². The number of thiazole rings is 1. The van der Waals surface area contributed by atoms with Crippen LogP contribution >= 0.6 is 11.3 Å². The molecule has 0 amide bonds. The number of methoxy groups -OCH3 is 1. The number of hydrogen-bond donors (Lipinski definition) is 0. The van der Waals surface area contributed by atoms with Crippen LogP contribution in [0.4, 0.5) is 0 Å². The molecule has 6 nitrogen and oxygen atoms in total. The van der Waals surface area contributed by atoms with E-state index in [0.717, 1.165) is 64.0 Å². The first kappa shape index (κ1) is 17.9. The highest BCUT2D eigenvalue weighted by Crippen LogP contribution is 2.41. The highest BCUT2D eigenvalue weighted by molar-refractivity contribution is 7.15. The SMILES string of the molecule is CCn1nc(-c2ccc(C)nc2)c2c1-c1sc(CC(=O)OC)nc1CCC2. The van der Waals surface area contributed by atoms with Crippen LogP contribution in [0.2, 0.25) is 0 Å². The molecular formula is C20H22N4O2S. The van der Waals surface area contributed by atoms with Gasteiger partial charge >= 0.3 is 5.97 Å². The molecule has 0 atom stereocenters. The molecule has 0 saturated heterocycles. The summed E-state index contributed by atoms with van der Waals surface area (Å²) in [4.78, 5) is 22.0. The van der Waals surface area contributed by atoms with Crippen molar-refractivity contribution in [3.8, 4) is 21.8 Å². The van der Waals surface area contributed by atoms with Gasteiger partial charge in [-0.3, -0.25) is 14.5 Å². The molecule has 3 aromatic rings. The van der Waals surface area contributed by atoms with Crippen LogP contribution in [0.15, 0.2) is 18.3 Å². The molecule has 0 spiro atoms. The lowest BCUT2D eigenvalue weighted by Gasteiger charge is -2.04. The summed E-state index contributed by atoms with van der Waals surface area (Å²) >= 11 is 1.59. The van der Waals surface area contributed by atoms with Crippen molar-refractivity contribution >= 4 is 17.3 Å². The average Bonchev–Trinajstić information content (AvgIpc) is 3.18. The molecule has 0 aromatic carbocycles. The van der Waals surface area contributed by atoms with Crippen molar-refractivity contribution in [3.05, 3.63) is 40.3 Å². The molecule has 0 saturated carbocycles. The van der Waals surface area contributed by atoms with Gasteiger partial charge in [0.1, 0.15) is 5.01 Å². The predicted octanol–water partition coefficient (Wildman–Crippen LogP) is 3.60. The first-order valence-electron chi connectivity index (χ1n) is 9.19. The second kappa shape index (κ2) is 7.23. The van der Waals surface area contributed by atoms with E-state index < -0.39 is 0 Å². The quantitative estimate of drug-likeness (QED) is 0.645. The van der Waals surface area contributed by atoms with Gasteiger partial charge in [0.25, 0.3) is 0 Å². The van der Waals surface area contributed by atoms with Gasteiger partial charge in [-0.2, -0.15) is 5.10 Å². The lowest BCUT2D eigenvalue weighted by atomic mass is 10.0. The number of esters is 1. The van der Waals surface area contributed by atoms with Crippen molar-refractivity contribution in [3.63, 3.8) is 0 Å². The Morgan fingerprint density at radius 2 is 2.19 bits per heavy atom. The van der Waals surface area contributed by atoms with Gasteiger partial charge in [0.2, 0.25) is 0 Å². The normalized spacial score (nSPS) is 13.0. The molecule has 0 N–H and O–H groups in total. The van der Waals surface area contributed by atoms with Crippen molar-refractivity contribution in [1.82, 2.24) is 19.7 Å². The molecular weight excluding hydrogens is 360 g/mol. The van der Waals surface area contributed by atoms with E-state index in [-0.39, 0.29) is 12.4 Å². The van der Waals surface area contributed by atoms with E-state index in [9.17, 15) is 4.79 Å². The van der Waals surface area contributed by atoms with E-state index in [1.54, 1.807) is 11.3 Å². The number of rotatable bonds is 4. The highest BCUT2D eigenvalue weighted by Gasteiger charge is 2.27. The molecule has 140 valence electrons. The summed E-state index contributed by atoms with van der Waals surface area (Å²) in [5, 5.41) is 5.71. The summed E-state index contributed by atoms with van der Waals surface area (Å²) in [6, 6.07) is 4.11. The molecule has 3 heterocycles. The van der Waals surface area contributed by atoms with Crippen LogP contribution in [0.3, 0.4) is 0 Å². The zero-order chi connectivity index (χ0) is 19.0. The average molecular weight is 382 g/mol. The van der Waals surface area contributed by atoms with E-state index in [1.807, 2.05) is 19.2 Å². The van der Waals surface area contributed by atoms with Crippen molar-refractivity contribution in [2.75, 3.05) is 7.11 Å². The molecule has 1 aliphatic carbocycles. The number of ether oxygens (including phenoxy) is 1. The number of nitrogens with zero attached hydrogens (tertiary/aromatic N) is 4. The zero-order valence-electron chi connectivity index (χ0n) is 15.8. The fourth-order valence-corrected chi connectivity index (χ4v) is 4.69. The Morgan fingerprint density at radius 1 is 1.33 bits per heavy atom. The first-order valence-corrected chi connectivity index (χ1v) is 10.0. The Hall–Kier alpha value is -2.54. The number of pyridine rings is 1. The van der Waals surface area contributed by atoms with Crippen molar-refractivity contribution < 1.29 is 9.53 Å². The minimum absolute atomic E-state index is 0.221. The van der Waals surface area contributed by atoms with Gasteiger partial charge in [-0.05, 0) is 45.2 Å². The Balaban J connectivity index is 1.84. The van der Waals surface area contributed by atoms with Crippen molar-refractivity contribution in [2.45, 2.75) is 46.1 Å². The van der Waals surface area contributed by atoms with Crippen molar-refractivity contribution in [1.29, 1.82) is 0 Å². The zero-order valence-corrected chi connectivity index (χ0v) is 16.6. The third-order valence-corrected chi connectivity index (χ3v) is 5.96. The molecule has 0 aliphatic heterocycles. The van der Waals surface area contributed by atoms with Crippen LogP contribution in [0.25, 0.3) is 21.8 Å². The summed E-state index contributed by atoms with van der Waals surface area (Å²) in [5.74, 6) is -0.255. The van der Waals surface area contributed by atoms with E-state index in [1.165, 1.54) is 12.7 Å². The van der Waals surface area contributed by atoms with Crippen LogP contribution in [0, 0.1) is 6.92 Å². The van der Waals surface area contributed by atoms with Crippen LogP contribution < -0.4 is 0 Å². The number of hydrogen-bond acceptors (Lipinski definition) is 6. The van der Waals surface area contributed by atoms with Crippen LogP contribution in [-0.2, 0) is 35.3 Å². The summed E-state index contributed by atoms with van der Waals surface area (Å²) in [6.07, 6.45) is 5.02. The lowest BCUT2D eigenvalue weighted by Crippen LogP contribution is -2.04. The topological polar surface area (TPSA) is 69.9 Å². The van der Waals surface area contributed by atoms with Crippen molar-refractivity contribution in [2.24, 2.45) is 0 Å². The van der Waals surface area contributed by atoms with E-state index in [4.69, 9.17) is 14.8 Å². The van der Waals surface area contributed by atoms with E-state index in [2.05, 4.69) is 22.7 Å². The van der Waals surface area contributed by atoms with Gasteiger partial charge in [-0.1, -0.05) is 0 Å². The van der Waals surface area contributed by atoms with Crippen LogP contribution in [0.1, 0.15) is 35.3 Å². The number of aromatic nitrogens is 4. The second-order valence-corrected chi connectivity index (χ2v) is 7.75. The second-order valence-electron chi connectivity index (χ2n) is 6.67. The van der Waals surface area contributed by atoms with Crippen LogP contribution in [0.5, 0.6) is 0 Å². The van der Waals surface area contributed by atoms with Gasteiger partial charge in [-0.15, -0.1) is 11.3 Å². The highest BCUT2D eigenvalue weighted by atomic mass is 32.1. The van der Waals surface area contributed by atoms with E-state index in [0.29, 0.717) is 0 Å². The van der Waals surface area contributed by atoms with Gasteiger partial charge in [-0.25, -0.2) is 4.98 Å². The fourth-order valence-electron chi connectivity index (χ4n) is 3.52. The fraction of sp³-hybridized carbons (Fsp3) is 0.400. The molecule has 3 aromatic heterocycles. The molecule has 4 rings (SSSR count). The van der Waals surface area contributed by atoms with Gasteiger partial charge < -0.3 is 4.74 Å². The van der Waals surface area contributed by atoms with E-state index >= 15 is 0 Å². The summed E-state index contributed by atoms with van der Waals surface area (Å²) in [5.41, 5.74) is 6.53. The summed E-state index contributed by atoms with van der Waals surface area (Å²) in [7, 11) is 1.41. The minimum Gasteiger partial charge on any atom is -0.469 e. The smallest absolute Gasteiger partial charge is 0.312 e. The molecule has 0 radical (unpaired) electrons. The predicted molar refractivity (Wildman–Crippen MR) is 105 cm³/mol. The number of fused-ring (bicyclic) bond motifs is 3. The Bertz CT molecular complexity index is 988. The largest absolute Gasteiger partial charge is 0.469 e. The van der Waals surface area contributed by atoms with Gasteiger partial charge in [0.05, 0.1) is 35.5 Å². The Labute approximate surface area is 162 Å². The maximum absolute atomic E-state index is 11.7. The molecule has 0 bridgehead atoms. The number of carbonyl (C=O) groups excluding carboxylic acids is 1. The minimum atomic E-state index is -0.255. The summed E-state index contributed by atoms with van der Waals surface area (Å²) < 4.78 is 6.86.